The van der Waals surface area contributed by atoms with Gasteiger partial charge in [-0.15, -0.1) is 0 Å². The molecule has 1 fully saturated rings. The summed E-state index contributed by atoms with van der Waals surface area (Å²) >= 11 is 0. The third-order valence-corrected chi connectivity index (χ3v) is 2.45. The third-order valence-electron chi connectivity index (χ3n) is 2.45. The average Bonchev–Trinajstić information content (AvgIpc) is 1.88. The summed E-state index contributed by atoms with van der Waals surface area (Å²) in [7, 11) is 0. The molecule has 3 unspecified atom stereocenters. The van der Waals surface area contributed by atoms with E-state index in [1.165, 1.54) is 0 Å². The maximum absolute atomic E-state index is 9.38. The molecule has 0 bridgehead atoms. The van der Waals surface area contributed by atoms with Crippen molar-refractivity contribution in [2.24, 2.45) is 11.8 Å². The van der Waals surface area contributed by atoms with Gasteiger partial charge in [-0.25, -0.2) is 0 Å². The van der Waals surface area contributed by atoms with Gasteiger partial charge in [0.2, 0.25) is 0 Å². The van der Waals surface area contributed by atoms with Gasteiger partial charge in [-0.05, 0) is 18.8 Å². The lowest BCUT2D eigenvalue weighted by Gasteiger charge is -2.29. The first-order chi connectivity index (χ1) is 4.74. The van der Waals surface area contributed by atoms with Gasteiger partial charge in [0.25, 0.3) is 0 Å². The Kier molecular flexibility index (Phi) is 2.69. The van der Waals surface area contributed by atoms with Gasteiger partial charge in [0, 0.05) is 12.5 Å². The number of aliphatic hydroxyl groups excluding tert-OH is 2. The zero-order chi connectivity index (χ0) is 7.56. The SMILES string of the molecule is CC1CCC(CO)C(O)C1. The van der Waals surface area contributed by atoms with Crippen molar-refractivity contribution < 1.29 is 10.2 Å². The van der Waals surface area contributed by atoms with Crippen molar-refractivity contribution >= 4 is 0 Å². The van der Waals surface area contributed by atoms with Gasteiger partial charge in [-0.1, -0.05) is 13.3 Å². The molecule has 3 atom stereocenters. The number of hydrogen-bond donors (Lipinski definition) is 2. The first-order valence-electron chi connectivity index (χ1n) is 4.03. The van der Waals surface area contributed by atoms with E-state index in [4.69, 9.17) is 5.11 Å². The Hall–Kier alpha value is -0.0800. The van der Waals surface area contributed by atoms with Crippen LogP contribution in [0.15, 0.2) is 0 Å². The summed E-state index contributed by atoms with van der Waals surface area (Å²) in [6.07, 6.45) is 2.75. The molecule has 0 aromatic carbocycles. The first kappa shape index (κ1) is 8.02. The van der Waals surface area contributed by atoms with Gasteiger partial charge in [0.1, 0.15) is 0 Å². The summed E-state index contributed by atoms with van der Waals surface area (Å²) in [4.78, 5) is 0. The summed E-state index contributed by atoms with van der Waals surface area (Å²) in [5.41, 5.74) is 0. The van der Waals surface area contributed by atoms with Crippen LogP contribution >= 0.6 is 0 Å². The summed E-state index contributed by atoms with van der Waals surface area (Å²) < 4.78 is 0. The molecule has 1 saturated carbocycles. The van der Waals surface area contributed by atoms with Gasteiger partial charge in [0.05, 0.1) is 6.10 Å². The lowest BCUT2D eigenvalue weighted by Crippen LogP contribution is -2.30. The summed E-state index contributed by atoms with van der Waals surface area (Å²) in [5.74, 6) is 0.786. The number of hydrogen-bond acceptors (Lipinski definition) is 2. The molecule has 1 aliphatic rings. The zero-order valence-corrected chi connectivity index (χ0v) is 6.45. The van der Waals surface area contributed by atoms with Crippen LogP contribution < -0.4 is 0 Å². The minimum Gasteiger partial charge on any atom is -0.396 e. The van der Waals surface area contributed by atoms with Crippen LogP contribution in [-0.2, 0) is 0 Å². The topological polar surface area (TPSA) is 40.5 Å². The van der Waals surface area contributed by atoms with Crippen LogP contribution in [0.3, 0.4) is 0 Å². The molecular formula is C8H16O2. The highest BCUT2D eigenvalue weighted by Gasteiger charge is 2.25. The van der Waals surface area contributed by atoms with Crippen LogP contribution in [0.4, 0.5) is 0 Å². The zero-order valence-electron chi connectivity index (χ0n) is 6.45. The van der Waals surface area contributed by atoms with Crippen LogP contribution in [0, 0.1) is 11.8 Å². The highest BCUT2D eigenvalue weighted by Crippen LogP contribution is 2.27. The predicted octanol–water partition coefficient (Wildman–Crippen LogP) is 0.776. The van der Waals surface area contributed by atoms with Crippen molar-refractivity contribution in [3.8, 4) is 0 Å². The first-order valence-corrected chi connectivity index (χ1v) is 4.03. The summed E-state index contributed by atoms with van der Waals surface area (Å²) in [5, 5.41) is 18.2. The molecule has 0 heterocycles. The molecule has 60 valence electrons. The molecule has 0 saturated heterocycles. The molecule has 0 aromatic heterocycles. The van der Waals surface area contributed by atoms with E-state index in [9.17, 15) is 5.11 Å². The molecule has 2 N–H and O–H groups in total. The fraction of sp³-hybridized carbons (Fsp3) is 1.00. The van der Waals surface area contributed by atoms with Gasteiger partial charge in [-0.2, -0.15) is 0 Å². The van der Waals surface area contributed by atoms with E-state index in [1.807, 2.05) is 0 Å². The predicted molar refractivity (Wildman–Crippen MR) is 39.6 cm³/mol. The van der Waals surface area contributed by atoms with Crippen molar-refractivity contribution in [3.63, 3.8) is 0 Å². The monoisotopic (exact) mass is 144 g/mol. The van der Waals surface area contributed by atoms with E-state index in [2.05, 4.69) is 6.92 Å². The summed E-state index contributed by atoms with van der Waals surface area (Å²) in [6.45, 7) is 2.30. The molecule has 0 radical (unpaired) electrons. The molecule has 0 aliphatic heterocycles. The molecule has 1 rings (SSSR count). The molecular weight excluding hydrogens is 128 g/mol. The maximum Gasteiger partial charge on any atom is 0.0592 e. The quantitative estimate of drug-likeness (QED) is 0.571. The van der Waals surface area contributed by atoms with Crippen LogP contribution in [-0.4, -0.2) is 22.9 Å². The molecule has 0 amide bonds. The Labute approximate surface area is 61.9 Å². The van der Waals surface area contributed by atoms with Crippen molar-refractivity contribution in [1.29, 1.82) is 0 Å². The fourth-order valence-electron chi connectivity index (χ4n) is 1.63. The third kappa shape index (κ3) is 1.70. The largest absolute Gasteiger partial charge is 0.396 e. The second-order valence-corrected chi connectivity index (χ2v) is 3.43. The van der Waals surface area contributed by atoms with Gasteiger partial charge in [-0.3, -0.25) is 0 Å². The van der Waals surface area contributed by atoms with Crippen LogP contribution in [0.2, 0.25) is 0 Å². The van der Waals surface area contributed by atoms with E-state index in [1.54, 1.807) is 0 Å². The average molecular weight is 144 g/mol. The molecule has 10 heavy (non-hydrogen) atoms. The van der Waals surface area contributed by atoms with Gasteiger partial charge < -0.3 is 10.2 Å². The minimum atomic E-state index is -0.256. The second kappa shape index (κ2) is 3.35. The standard InChI is InChI=1S/C8H16O2/c1-6-2-3-7(5-9)8(10)4-6/h6-10H,2-5H2,1H3. The Bertz CT molecular complexity index is 103. The van der Waals surface area contributed by atoms with Crippen LogP contribution in [0.5, 0.6) is 0 Å². The maximum atomic E-state index is 9.38. The lowest BCUT2D eigenvalue weighted by molar-refractivity contribution is 0.0191. The molecule has 1 aliphatic carbocycles. The van der Waals surface area contributed by atoms with Crippen LogP contribution in [0.1, 0.15) is 26.2 Å². The van der Waals surface area contributed by atoms with E-state index < -0.39 is 0 Å². The molecule has 2 heteroatoms. The van der Waals surface area contributed by atoms with Crippen molar-refractivity contribution in [2.75, 3.05) is 6.61 Å². The van der Waals surface area contributed by atoms with Crippen molar-refractivity contribution in [1.82, 2.24) is 0 Å². The molecule has 2 nitrogen and oxygen atoms in total. The fourth-order valence-corrected chi connectivity index (χ4v) is 1.63. The number of aliphatic hydroxyl groups is 2. The highest BCUT2D eigenvalue weighted by atomic mass is 16.3. The molecule has 0 aromatic rings. The Morgan fingerprint density at radius 2 is 2.10 bits per heavy atom. The minimum absolute atomic E-state index is 0.147. The lowest BCUT2D eigenvalue weighted by atomic mass is 9.81. The van der Waals surface area contributed by atoms with E-state index >= 15 is 0 Å². The van der Waals surface area contributed by atoms with Crippen LogP contribution in [0.25, 0.3) is 0 Å². The highest BCUT2D eigenvalue weighted by molar-refractivity contribution is 4.76. The van der Waals surface area contributed by atoms with E-state index in [0.717, 1.165) is 19.3 Å². The Morgan fingerprint density at radius 1 is 1.40 bits per heavy atom. The number of rotatable bonds is 1. The Balaban J connectivity index is 2.36. The smallest absolute Gasteiger partial charge is 0.0592 e. The summed E-state index contributed by atoms with van der Waals surface area (Å²) in [6, 6.07) is 0. The van der Waals surface area contributed by atoms with E-state index in [0.29, 0.717) is 5.92 Å². The van der Waals surface area contributed by atoms with Crippen molar-refractivity contribution in [3.05, 3.63) is 0 Å². The Morgan fingerprint density at radius 3 is 2.60 bits per heavy atom. The molecule has 0 spiro atoms. The second-order valence-electron chi connectivity index (χ2n) is 3.43. The van der Waals surface area contributed by atoms with E-state index in [-0.39, 0.29) is 18.6 Å². The van der Waals surface area contributed by atoms with Gasteiger partial charge in [0.15, 0.2) is 0 Å². The van der Waals surface area contributed by atoms with Crippen molar-refractivity contribution in [2.45, 2.75) is 32.3 Å². The van der Waals surface area contributed by atoms with Gasteiger partial charge >= 0.3 is 0 Å². The normalized spacial score (nSPS) is 41.7.